The first-order chi connectivity index (χ1) is 8.40. The van der Waals surface area contributed by atoms with E-state index in [1.165, 1.54) is 0 Å². The number of allylic oxidation sites excluding steroid dienone is 1. The largest absolute Gasteiger partial charge is 0.253 e. The van der Waals surface area contributed by atoms with E-state index in [1.807, 2.05) is 54.6 Å². The van der Waals surface area contributed by atoms with Crippen molar-refractivity contribution in [3.63, 3.8) is 0 Å². The van der Waals surface area contributed by atoms with E-state index in [9.17, 15) is 0 Å². The van der Waals surface area contributed by atoms with Crippen LogP contribution in [0.15, 0.2) is 78.3 Å². The molecule has 0 aliphatic heterocycles. The van der Waals surface area contributed by atoms with Crippen molar-refractivity contribution in [2.45, 2.75) is 6.42 Å². The van der Waals surface area contributed by atoms with Crippen molar-refractivity contribution >= 4 is 11.4 Å². The van der Waals surface area contributed by atoms with Gasteiger partial charge in [-0.05, 0) is 17.7 Å². The van der Waals surface area contributed by atoms with E-state index in [1.54, 1.807) is 0 Å². The Labute approximate surface area is 102 Å². The van der Waals surface area contributed by atoms with Crippen LogP contribution in [-0.4, -0.2) is 5.71 Å². The van der Waals surface area contributed by atoms with Crippen molar-refractivity contribution < 1.29 is 0 Å². The first-order valence-electron chi connectivity index (χ1n) is 5.69. The molecule has 1 nitrogen and oxygen atoms in total. The standard InChI is InChI=1S/C16H15N/c1-2-9-16(14-10-5-3-6-11-14)17-15-12-7-4-8-13-15/h2-8,10-13H,1,9H2/b17-16-. The molecule has 0 fully saturated rings. The number of hydrogen-bond donors (Lipinski definition) is 0. The SMILES string of the molecule is C=CC/C(=N/c1ccccc1)c1ccccc1. The summed E-state index contributed by atoms with van der Waals surface area (Å²) in [4.78, 5) is 4.66. The van der Waals surface area contributed by atoms with Crippen LogP contribution >= 0.6 is 0 Å². The van der Waals surface area contributed by atoms with E-state index in [2.05, 4.69) is 23.7 Å². The van der Waals surface area contributed by atoms with Gasteiger partial charge in [0.1, 0.15) is 0 Å². The quantitative estimate of drug-likeness (QED) is 0.536. The summed E-state index contributed by atoms with van der Waals surface area (Å²) < 4.78 is 0. The summed E-state index contributed by atoms with van der Waals surface area (Å²) in [5, 5.41) is 0. The van der Waals surface area contributed by atoms with Crippen molar-refractivity contribution in [2.75, 3.05) is 0 Å². The van der Waals surface area contributed by atoms with Crippen LogP contribution in [0.5, 0.6) is 0 Å². The molecule has 17 heavy (non-hydrogen) atoms. The third-order valence-electron chi connectivity index (χ3n) is 2.46. The Morgan fingerprint density at radius 1 is 0.941 bits per heavy atom. The molecule has 0 aliphatic rings. The maximum Gasteiger partial charge on any atom is 0.0633 e. The molecule has 84 valence electrons. The maximum atomic E-state index is 4.66. The number of aliphatic imine (C=N–C) groups is 1. The van der Waals surface area contributed by atoms with Gasteiger partial charge in [0.25, 0.3) is 0 Å². The van der Waals surface area contributed by atoms with Crippen molar-refractivity contribution in [1.29, 1.82) is 0 Å². The molecular weight excluding hydrogens is 206 g/mol. The smallest absolute Gasteiger partial charge is 0.0633 e. The molecule has 0 N–H and O–H groups in total. The summed E-state index contributed by atoms with van der Waals surface area (Å²) >= 11 is 0. The molecule has 2 aromatic rings. The first kappa shape index (κ1) is 11.3. The number of nitrogens with zero attached hydrogens (tertiary/aromatic N) is 1. The predicted molar refractivity (Wildman–Crippen MR) is 73.9 cm³/mol. The number of para-hydroxylation sites is 1. The maximum absolute atomic E-state index is 4.66. The molecule has 1 heteroatoms. The number of hydrogen-bond acceptors (Lipinski definition) is 1. The van der Waals surface area contributed by atoms with Gasteiger partial charge in [-0.25, -0.2) is 0 Å². The zero-order chi connectivity index (χ0) is 11.9. The molecule has 0 radical (unpaired) electrons. The van der Waals surface area contributed by atoms with Crippen molar-refractivity contribution in [1.82, 2.24) is 0 Å². The summed E-state index contributed by atoms with van der Waals surface area (Å²) in [6.45, 7) is 3.79. The minimum absolute atomic E-state index is 0.777. The summed E-state index contributed by atoms with van der Waals surface area (Å²) in [6.07, 6.45) is 2.66. The topological polar surface area (TPSA) is 12.4 Å². The molecule has 0 saturated carbocycles. The second-order valence-corrected chi connectivity index (χ2v) is 3.75. The van der Waals surface area contributed by atoms with Gasteiger partial charge in [0.05, 0.1) is 11.4 Å². The van der Waals surface area contributed by atoms with Crippen molar-refractivity contribution in [3.8, 4) is 0 Å². The van der Waals surface area contributed by atoms with E-state index in [0.29, 0.717) is 0 Å². The average molecular weight is 221 g/mol. The molecule has 0 atom stereocenters. The Bertz CT molecular complexity index is 498. The van der Waals surface area contributed by atoms with Crippen molar-refractivity contribution in [3.05, 3.63) is 78.9 Å². The number of benzene rings is 2. The van der Waals surface area contributed by atoms with Crippen LogP contribution in [0.25, 0.3) is 0 Å². The van der Waals surface area contributed by atoms with Gasteiger partial charge in [-0.1, -0.05) is 54.6 Å². The molecule has 0 spiro atoms. The van der Waals surface area contributed by atoms with Crippen LogP contribution in [0, 0.1) is 0 Å². The molecule has 0 aliphatic carbocycles. The van der Waals surface area contributed by atoms with Crippen LogP contribution in [0.2, 0.25) is 0 Å². The lowest BCUT2D eigenvalue weighted by molar-refractivity contribution is 1.39. The highest BCUT2D eigenvalue weighted by atomic mass is 14.7. The van der Waals surface area contributed by atoms with Crippen molar-refractivity contribution in [2.24, 2.45) is 4.99 Å². The Hall–Kier alpha value is -2.15. The summed E-state index contributed by atoms with van der Waals surface area (Å²) in [6, 6.07) is 20.2. The van der Waals surface area contributed by atoms with Crippen LogP contribution < -0.4 is 0 Å². The molecule has 0 bridgehead atoms. The number of rotatable bonds is 4. The zero-order valence-corrected chi connectivity index (χ0v) is 9.71. The van der Waals surface area contributed by atoms with E-state index < -0.39 is 0 Å². The molecule has 0 amide bonds. The Balaban J connectivity index is 2.36. The summed E-state index contributed by atoms with van der Waals surface area (Å²) in [7, 11) is 0. The fraction of sp³-hybridized carbons (Fsp3) is 0.0625. The van der Waals surface area contributed by atoms with Crippen LogP contribution in [0.3, 0.4) is 0 Å². The van der Waals surface area contributed by atoms with Gasteiger partial charge in [0.15, 0.2) is 0 Å². The minimum atomic E-state index is 0.777. The lowest BCUT2D eigenvalue weighted by Gasteiger charge is -2.04. The normalized spacial score (nSPS) is 11.2. The molecule has 0 saturated heterocycles. The van der Waals surface area contributed by atoms with E-state index >= 15 is 0 Å². The van der Waals surface area contributed by atoms with Gasteiger partial charge in [0.2, 0.25) is 0 Å². The van der Waals surface area contributed by atoms with Gasteiger partial charge in [-0.15, -0.1) is 6.58 Å². The fourth-order valence-corrected chi connectivity index (χ4v) is 1.65. The van der Waals surface area contributed by atoms with Gasteiger partial charge < -0.3 is 0 Å². The third kappa shape index (κ3) is 3.15. The summed E-state index contributed by atoms with van der Waals surface area (Å²) in [5.41, 5.74) is 3.18. The van der Waals surface area contributed by atoms with Gasteiger partial charge >= 0.3 is 0 Å². The fourth-order valence-electron chi connectivity index (χ4n) is 1.65. The summed E-state index contributed by atoms with van der Waals surface area (Å²) in [5.74, 6) is 0. The lowest BCUT2D eigenvalue weighted by atomic mass is 10.1. The Kier molecular flexibility index (Phi) is 3.87. The highest BCUT2D eigenvalue weighted by molar-refractivity contribution is 6.02. The zero-order valence-electron chi connectivity index (χ0n) is 9.71. The third-order valence-corrected chi connectivity index (χ3v) is 2.46. The van der Waals surface area contributed by atoms with Crippen LogP contribution in [-0.2, 0) is 0 Å². The molecule has 2 rings (SSSR count). The highest BCUT2D eigenvalue weighted by Crippen LogP contribution is 2.14. The molecule has 0 unspecified atom stereocenters. The average Bonchev–Trinajstić information content (AvgIpc) is 2.40. The Morgan fingerprint density at radius 2 is 1.53 bits per heavy atom. The van der Waals surface area contributed by atoms with E-state index in [4.69, 9.17) is 0 Å². The molecular formula is C16H15N. The predicted octanol–water partition coefficient (Wildman–Crippen LogP) is 4.38. The van der Waals surface area contributed by atoms with Crippen LogP contribution in [0.1, 0.15) is 12.0 Å². The molecule has 2 aromatic carbocycles. The Morgan fingerprint density at radius 3 is 2.12 bits per heavy atom. The highest BCUT2D eigenvalue weighted by Gasteiger charge is 2.00. The van der Waals surface area contributed by atoms with Crippen LogP contribution in [0.4, 0.5) is 5.69 Å². The lowest BCUT2D eigenvalue weighted by Crippen LogP contribution is -1.98. The van der Waals surface area contributed by atoms with Gasteiger partial charge in [-0.3, -0.25) is 4.99 Å². The van der Waals surface area contributed by atoms with Gasteiger partial charge in [-0.2, -0.15) is 0 Å². The van der Waals surface area contributed by atoms with Gasteiger partial charge in [0, 0.05) is 6.42 Å². The monoisotopic (exact) mass is 221 g/mol. The molecule has 0 aromatic heterocycles. The molecule has 0 heterocycles. The van der Waals surface area contributed by atoms with E-state index in [0.717, 1.165) is 23.4 Å². The minimum Gasteiger partial charge on any atom is -0.253 e. The second-order valence-electron chi connectivity index (χ2n) is 3.75. The second kappa shape index (κ2) is 5.80. The first-order valence-corrected chi connectivity index (χ1v) is 5.69. The van der Waals surface area contributed by atoms with E-state index in [-0.39, 0.29) is 0 Å².